The van der Waals surface area contributed by atoms with Crippen LogP contribution in [0.1, 0.15) is 83.5 Å². The van der Waals surface area contributed by atoms with E-state index in [-0.39, 0.29) is 63.1 Å². The maximum atomic E-state index is 15.4. The summed E-state index contributed by atoms with van der Waals surface area (Å²) in [4.78, 5) is 24.6. The molecule has 0 radical (unpaired) electrons. The molecule has 6 unspecified atom stereocenters. The topological polar surface area (TPSA) is 134 Å². The highest BCUT2D eigenvalue weighted by atomic mass is 32.2. The number of aliphatic hydroxyl groups is 2. The third-order valence-electron chi connectivity index (χ3n) is 13.4. The van der Waals surface area contributed by atoms with E-state index < -0.39 is 23.6 Å². The van der Waals surface area contributed by atoms with Gasteiger partial charge in [0, 0.05) is 53.9 Å². The fourth-order valence-corrected chi connectivity index (χ4v) is 11.0. The standard InChI is InChI=1S/C57H60FN3O7S/c1-2-31-66-57-53(61(38-41-21-25-45(58)26-22-41)56(64)43-23-19-40(37-59)20-24-43)36-51(60-67-39-42-13-5-3-6-14-42)49-34-44(15-9-11-29-62)48(18-10-12-30-63)54(55(49)57)50-35-46(27-28-52(50)68-57)65-32-33-69-47-16-7-4-8-17-47/h2-8,13-14,16-17,19-28,34-35,44,48,53-55,62-63H,1,9-12,15,18,29-33,36,38-39H2. The summed E-state index contributed by atoms with van der Waals surface area (Å²) in [5, 5.41) is 34.7. The van der Waals surface area contributed by atoms with E-state index in [1.165, 1.54) is 17.0 Å². The van der Waals surface area contributed by atoms with Crippen LogP contribution in [-0.2, 0) is 22.7 Å². The zero-order valence-corrected chi connectivity index (χ0v) is 39.7. The second kappa shape index (κ2) is 23.9. The maximum absolute atomic E-state index is 15.4. The molecule has 12 heteroatoms. The molecule has 8 rings (SSSR count). The van der Waals surface area contributed by atoms with E-state index in [9.17, 15) is 19.9 Å². The predicted octanol–water partition coefficient (Wildman–Crippen LogP) is 11.0. The molecule has 1 amide bonds. The zero-order chi connectivity index (χ0) is 48.0. The minimum atomic E-state index is -1.53. The zero-order valence-electron chi connectivity index (χ0n) is 38.8. The SMILES string of the molecule is C=CCOC12Oc3ccc(OCCSc4ccccc4)cc3C3C(CCCCO)C(CCCCO)C=C(C(=NOCc4ccccc4)CC1N(Cc1ccc(F)cc1)C(=O)c1ccc(C#N)cc1)C32. The number of carbonyl (C=O) groups is 1. The number of hydrogen-bond acceptors (Lipinski definition) is 10. The number of rotatable bonds is 23. The van der Waals surface area contributed by atoms with Crippen molar-refractivity contribution < 1.29 is 38.4 Å². The molecule has 3 aliphatic rings. The second-order valence-electron chi connectivity index (χ2n) is 17.8. The minimum absolute atomic E-state index is 0.00671. The Kier molecular flexibility index (Phi) is 17.0. The molecule has 0 saturated heterocycles. The van der Waals surface area contributed by atoms with Crippen molar-refractivity contribution in [3.05, 3.63) is 185 Å². The van der Waals surface area contributed by atoms with E-state index in [2.05, 4.69) is 36.9 Å². The number of benzene rings is 5. The van der Waals surface area contributed by atoms with Gasteiger partial charge in [0.1, 0.15) is 30.0 Å². The Labute approximate surface area is 409 Å². The third-order valence-corrected chi connectivity index (χ3v) is 14.4. The average Bonchev–Trinajstić information content (AvgIpc) is 3.38. The van der Waals surface area contributed by atoms with Gasteiger partial charge in [0.05, 0.1) is 36.5 Å². The lowest BCUT2D eigenvalue weighted by Crippen LogP contribution is -2.70. The van der Waals surface area contributed by atoms with Gasteiger partial charge in [-0.15, -0.1) is 18.3 Å². The van der Waals surface area contributed by atoms with Gasteiger partial charge in [0.25, 0.3) is 5.91 Å². The molecular formula is C57H60FN3O7S. The van der Waals surface area contributed by atoms with Crippen LogP contribution in [-0.4, -0.2) is 70.7 Å². The Bertz CT molecular complexity index is 2590. The highest BCUT2D eigenvalue weighted by Gasteiger charge is 2.65. The summed E-state index contributed by atoms with van der Waals surface area (Å²) in [5.74, 6) is -0.994. The summed E-state index contributed by atoms with van der Waals surface area (Å²) in [5.41, 5.74) is 4.90. The predicted molar refractivity (Wildman–Crippen MR) is 266 cm³/mol. The molecule has 6 atom stereocenters. The largest absolute Gasteiger partial charge is 0.493 e. The van der Waals surface area contributed by atoms with Crippen molar-refractivity contribution in [2.24, 2.45) is 22.9 Å². The Morgan fingerprint density at radius 3 is 2.35 bits per heavy atom. The quantitative estimate of drug-likeness (QED) is 0.0284. The van der Waals surface area contributed by atoms with Crippen LogP contribution in [0.4, 0.5) is 4.39 Å². The van der Waals surface area contributed by atoms with Crippen LogP contribution in [0, 0.1) is 34.9 Å². The number of thioether (sulfide) groups is 1. The van der Waals surface area contributed by atoms with Gasteiger partial charge < -0.3 is 34.2 Å². The Morgan fingerprint density at radius 2 is 1.64 bits per heavy atom. The van der Waals surface area contributed by atoms with Crippen molar-refractivity contribution in [2.75, 3.05) is 32.2 Å². The molecule has 5 aromatic carbocycles. The van der Waals surface area contributed by atoms with Gasteiger partial charge >= 0.3 is 0 Å². The fourth-order valence-electron chi connectivity index (χ4n) is 10.3. The lowest BCUT2D eigenvalue weighted by atomic mass is 9.55. The van der Waals surface area contributed by atoms with Crippen LogP contribution in [0.5, 0.6) is 11.5 Å². The number of carbonyl (C=O) groups excluding carboxylic acids is 1. The van der Waals surface area contributed by atoms with Gasteiger partial charge in [0.2, 0.25) is 5.79 Å². The number of nitrogens with zero attached hydrogens (tertiary/aromatic N) is 3. The van der Waals surface area contributed by atoms with Gasteiger partial charge in [-0.05, 0) is 121 Å². The van der Waals surface area contributed by atoms with E-state index in [1.54, 1.807) is 59.1 Å². The van der Waals surface area contributed by atoms with Gasteiger partial charge in [0.15, 0.2) is 0 Å². The Balaban J connectivity index is 1.31. The molecular weight excluding hydrogens is 890 g/mol. The molecule has 358 valence electrons. The van der Waals surface area contributed by atoms with E-state index in [0.717, 1.165) is 48.1 Å². The average molecular weight is 950 g/mol. The first-order valence-electron chi connectivity index (χ1n) is 24.0. The number of ether oxygens (including phenoxy) is 3. The molecule has 69 heavy (non-hydrogen) atoms. The number of amides is 1. The molecule has 5 aromatic rings. The number of halogens is 1. The number of aliphatic hydroxyl groups excluding tert-OH is 2. The van der Waals surface area contributed by atoms with E-state index in [0.29, 0.717) is 53.3 Å². The van der Waals surface area contributed by atoms with E-state index in [4.69, 9.17) is 24.2 Å². The molecule has 1 heterocycles. The lowest BCUT2D eigenvalue weighted by molar-refractivity contribution is -0.255. The summed E-state index contributed by atoms with van der Waals surface area (Å²) < 4.78 is 35.7. The second-order valence-corrected chi connectivity index (χ2v) is 19.0. The Morgan fingerprint density at radius 1 is 0.913 bits per heavy atom. The number of unbranched alkanes of at least 4 members (excludes halogenated alkanes) is 2. The first kappa shape index (κ1) is 49.2. The van der Waals surface area contributed by atoms with Crippen molar-refractivity contribution in [3.63, 3.8) is 0 Å². The summed E-state index contributed by atoms with van der Waals surface area (Å²) in [7, 11) is 0. The van der Waals surface area contributed by atoms with Crippen molar-refractivity contribution in [1.29, 1.82) is 5.26 Å². The third kappa shape index (κ3) is 11.6. The molecule has 1 saturated carbocycles. The Hall–Kier alpha value is -6.23. The number of fused-ring (bicyclic) bond motifs is 2. The van der Waals surface area contributed by atoms with Crippen molar-refractivity contribution in [2.45, 2.75) is 80.7 Å². The van der Waals surface area contributed by atoms with Crippen LogP contribution in [0.15, 0.2) is 162 Å². The smallest absolute Gasteiger partial charge is 0.254 e. The maximum Gasteiger partial charge on any atom is 0.254 e. The van der Waals surface area contributed by atoms with Gasteiger partial charge in [-0.25, -0.2) is 4.39 Å². The van der Waals surface area contributed by atoms with Crippen molar-refractivity contribution >= 4 is 23.4 Å². The highest BCUT2D eigenvalue weighted by molar-refractivity contribution is 7.99. The lowest BCUT2D eigenvalue weighted by Gasteiger charge is -2.60. The number of allylic oxidation sites excluding steroid dienone is 1. The normalized spacial score (nSPS) is 21.7. The monoisotopic (exact) mass is 949 g/mol. The van der Waals surface area contributed by atoms with E-state index in [1.807, 2.05) is 60.7 Å². The molecule has 2 aliphatic carbocycles. The fraction of sp³-hybridized carbons (Fsp3) is 0.351. The van der Waals surface area contributed by atoms with E-state index >= 15 is 4.79 Å². The van der Waals surface area contributed by atoms with Crippen LogP contribution >= 0.6 is 11.8 Å². The van der Waals surface area contributed by atoms with Crippen LogP contribution in [0.3, 0.4) is 0 Å². The van der Waals surface area contributed by atoms with Crippen LogP contribution in [0.25, 0.3) is 0 Å². The molecule has 0 spiro atoms. The van der Waals surface area contributed by atoms with Gasteiger partial charge in [-0.2, -0.15) is 5.26 Å². The highest BCUT2D eigenvalue weighted by Crippen LogP contribution is 2.62. The molecule has 1 aliphatic heterocycles. The molecule has 0 aromatic heterocycles. The number of oxime groups is 1. The minimum Gasteiger partial charge on any atom is -0.493 e. The van der Waals surface area contributed by atoms with Gasteiger partial charge in [-0.1, -0.05) is 90.8 Å². The summed E-state index contributed by atoms with van der Waals surface area (Å²) >= 11 is 1.73. The van der Waals surface area contributed by atoms with Crippen LogP contribution < -0.4 is 9.47 Å². The summed E-state index contributed by atoms with van der Waals surface area (Å²) in [6, 6.07) is 40.0. The summed E-state index contributed by atoms with van der Waals surface area (Å²) in [6.07, 6.45) is 8.60. The van der Waals surface area contributed by atoms with Crippen molar-refractivity contribution in [1.82, 2.24) is 4.90 Å². The number of hydrogen-bond donors (Lipinski definition) is 2. The first-order chi connectivity index (χ1) is 33.8. The molecule has 1 fully saturated rings. The first-order valence-corrected chi connectivity index (χ1v) is 24.9. The molecule has 10 nitrogen and oxygen atoms in total. The van der Waals surface area contributed by atoms with Crippen LogP contribution in [0.2, 0.25) is 0 Å². The van der Waals surface area contributed by atoms with Gasteiger partial charge in [-0.3, -0.25) is 4.79 Å². The molecule has 2 N–H and O–H groups in total. The number of nitriles is 1. The summed E-state index contributed by atoms with van der Waals surface area (Å²) in [6.45, 7) is 5.05. The molecule has 0 bridgehead atoms. The van der Waals surface area contributed by atoms with Crippen molar-refractivity contribution in [3.8, 4) is 17.6 Å².